The normalized spacial score (nSPS) is 12.2. The number of thiophene rings is 1. The van der Waals surface area contributed by atoms with Crippen molar-refractivity contribution in [2.24, 2.45) is 0 Å². The van der Waals surface area contributed by atoms with Crippen LogP contribution in [0.2, 0.25) is 0 Å². The summed E-state index contributed by atoms with van der Waals surface area (Å²) in [6.45, 7) is 2.26. The Kier molecular flexibility index (Phi) is 6.95. The van der Waals surface area contributed by atoms with Gasteiger partial charge in [0.15, 0.2) is 0 Å². The summed E-state index contributed by atoms with van der Waals surface area (Å²) in [5, 5.41) is 4.40. The maximum atomic E-state index is 13.3. The van der Waals surface area contributed by atoms with Crippen LogP contribution in [0.5, 0.6) is 0 Å². The van der Waals surface area contributed by atoms with Gasteiger partial charge in [-0.15, -0.1) is 11.3 Å². The van der Waals surface area contributed by atoms with Crippen molar-refractivity contribution in [1.29, 1.82) is 0 Å². The van der Waals surface area contributed by atoms with E-state index < -0.39 is 44.9 Å². The van der Waals surface area contributed by atoms with E-state index >= 15 is 0 Å². The largest absolute Gasteiger partial charge is 0.433 e. The van der Waals surface area contributed by atoms with Crippen LogP contribution in [0.1, 0.15) is 23.2 Å². The molecule has 7 nitrogen and oxygen atoms in total. The zero-order valence-corrected chi connectivity index (χ0v) is 20.1. The van der Waals surface area contributed by atoms with Crippen LogP contribution in [0, 0.1) is 6.92 Å². The van der Waals surface area contributed by atoms with Gasteiger partial charge in [0.2, 0.25) is 20.9 Å². The lowest BCUT2D eigenvalue weighted by Crippen LogP contribution is -2.28. The Bertz CT molecular complexity index is 1460. The molecule has 0 fully saturated rings. The van der Waals surface area contributed by atoms with Gasteiger partial charge in [0.05, 0.1) is 16.3 Å². The lowest BCUT2D eigenvalue weighted by Gasteiger charge is -2.10. The minimum atomic E-state index is -4.85. The number of hydrogen-bond donors (Lipinski definition) is 2. The molecule has 0 bridgehead atoms. The number of carbonyl (C=O) groups is 1. The molecule has 3 heterocycles. The van der Waals surface area contributed by atoms with E-state index in [1.165, 1.54) is 6.07 Å². The number of nitrogens with zero attached hydrogens (tertiary/aromatic N) is 2. The summed E-state index contributed by atoms with van der Waals surface area (Å²) in [7, 11) is -4.34. The standard InChI is InChI=1S/C23H21F3N4O3S2/c1-14-4-5-17-16(11-14)15(13-28-17)6-8-27-21(31)7-10-35(32,33)22-29-18(19-3-2-9-34-19)12-20(30-22)23(24,25)26/h2-5,9,11-13,28H,6-8,10H2,1H3,(H,27,31). The van der Waals surface area contributed by atoms with Crippen LogP contribution in [-0.2, 0) is 27.2 Å². The van der Waals surface area contributed by atoms with Gasteiger partial charge in [-0.1, -0.05) is 17.7 Å². The SMILES string of the molecule is Cc1ccc2[nH]cc(CCNC(=O)CCS(=O)(=O)c3nc(-c4cccs4)cc(C(F)(F)F)n3)c2c1. The molecule has 184 valence electrons. The van der Waals surface area contributed by atoms with Gasteiger partial charge in [-0.25, -0.2) is 18.4 Å². The number of benzene rings is 1. The maximum Gasteiger partial charge on any atom is 0.433 e. The molecular weight excluding hydrogens is 501 g/mol. The zero-order valence-electron chi connectivity index (χ0n) is 18.5. The molecular formula is C23H21F3N4O3S2. The van der Waals surface area contributed by atoms with Crippen molar-refractivity contribution >= 4 is 38.0 Å². The molecule has 0 radical (unpaired) electrons. The average Bonchev–Trinajstić information content (AvgIpc) is 3.47. The van der Waals surface area contributed by atoms with Crippen molar-refractivity contribution in [2.45, 2.75) is 31.1 Å². The lowest BCUT2D eigenvalue weighted by atomic mass is 10.1. The van der Waals surface area contributed by atoms with E-state index in [0.29, 0.717) is 17.4 Å². The number of H-pyrrole nitrogens is 1. The van der Waals surface area contributed by atoms with Gasteiger partial charge in [0.1, 0.15) is 5.69 Å². The lowest BCUT2D eigenvalue weighted by molar-refractivity contribution is -0.141. The topological polar surface area (TPSA) is 105 Å². The summed E-state index contributed by atoms with van der Waals surface area (Å²) in [6, 6.07) is 9.86. The summed E-state index contributed by atoms with van der Waals surface area (Å²) in [4.78, 5) is 22.9. The minimum absolute atomic E-state index is 0.140. The number of halogens is 3. The second kappa shape index (κ2) is 9.78. The number of hydrogen-bond acceptors (Lipinski definition) is 6. The zero-order chi connectivity index (χ0) is 25.2. The maximum absolute atomic E-state index is 13.3. The molecule has 0 spiro atoms. The number of alkyl halides is 3. The fraction of sp³-hybridized carbons (Fsp3) is 0.261. The number of aromatic amines is 1. The molecule has 1 amide bonds. The second-order valence-electron chi connectivity index (χ2n) is 7.93. The first-order chi connectivity index (χ1) is 16.5. The number of rotatable bonds is 8. The molecule has 2 N–H and O–H groups in total. The summed E-state index contributed by atoms with van der Waals surface area (Å²) >= 11 is 1.12. The Labute approximate surface area is 203 Å². The van der Waals surface area contributed by atoms with Crippen LogP contribution >= 0.6 is 11.3 Å². The smallest absolute Gasteiger partial charge is 0.361 e. The van der Waals surface area contributed by atoms with E-state index in [-0.39, 0.29) is 12.2 Å². The Morgan fingerprint density at radius 1 is 1.17 bits per heavy atom. The van der Waals surface area contributed by atoms with Crippen LogP contribution in [-0.4, -0.2) is 41.6 Å². The Morgan fingerprint density at radius 3 is 2.69 bits per heavy atom. The van der Waals surface area contributed by atoms with Crippen LogP contribution < -0.4 is 5.32 Å². The molecule has 35 heavy (non-hydrogen) atoms. The van der Waals surface area contributed by atoms with E-state index in [9.17, 15) is 26.4 Å². The predicted molar refractivity (Wildman–Crippen MR) is 127 cm³/mol. The van der Waals surface area contributed by atoms with E-state index in [4.69, 9.17) is 0 Å². The van der Waals surface area contributed by atoms with Crippen molar-refractivity contribution in [3.05, 3.63) is 64.8 Å². The number of sulfone groups is 1. The van der Waals surface area contributed by atoms with Gasteiger partial charge in [-0.3, -0.25) is 4.79 Å². The third kappa shape index (κ3) is 5.88. The number of amides is 1. The first kappa shape index (κ1) is 24.9. The van der Waals surface area contributed by atoms with Gasteiger partial charge in [-0.05, 0) is 48.6 Å². The molecule has 0 saturated carbocycles. The van der Waals surface area contributed by atoms with E-state index in [1.807, 2.05) is 31.3 Å². The van der Waals surface area contributed by atoms with Crippen LogP contribution in [0.4, 0.5) is 13.2 Å². The van der Waals surface area contributed by atoms with Gasteiger partial charge >= 0.3 is 6.18 Å². The van der Waals surface area contributed by atoms with Crippen LogP contribution in [0.25, 0.3) is 21.5 Å². The van der Waals surface area contributed by atoms with Crippen molar-refractivity contribution in [2.75, 3.05) is 12.3 Å². The van der Waals surface area contributed by atoms with Crippen LogP contribution in [0.3, 0.4) is 0 Å². The highest BCUT2D eigenvalue weighted by Gasteiger charge is 2.35. The summed E-state index contributed by atoms with van der Waals surface area (Å²) < 4.78 is 65.4. The highest BCUT2D eigenvalue weighted by Crippen LogP contribution is 2.32. The van der Waals surface area contributed by atoms with Gasteiger partial charge < -0.3 is 10.3 Å². The Balaban J connectivity index is 1.41. The molecule has 0 aliphatic carbocycles. The Hall–Kier alpha value is -3.25. The van der Waals surface area contributed by atoms with E-state index in [0.717, 1.165) is 33.4 Å². The highest BCUT2D eigenvalue weighted by atomic mass is 32.2. The quantitative estimate of drug-likeness (QED) is 0.331. The number of aryl methyl sites for hydroxylation is 1. The average molecular weight is 523 g/mol. The van der Waals surface area contributed by atoms with Crippen molar-refractivity contribution < 1.29 is 26.4 Å². The Morgan fingerprint density at radius 2 is 1.97 bits per heavy atom. The molecule has 4 rings (SSSR count). The van der Waals surface area contributed by atoms with Crippen molar-refractivity contribution in [1.82, 2.24) is 20.3 Å². The second-order valence-corrected chi connectivity index (χ2v) is 10.9. The monoisotopic (exact) mass is 522 g/mol. The molecule has 0 atom stereocenters. The number of carbonyl (C=O) groups excluding carboxylic acids is 1. The predicted octanol–water partition coefficient (Wildman–Crippen LogP) is 4.54. The summed E-state index contributed by atoms with van der Waals surface area (Å²) in [5.41, 5.74) is 1.60. The molecule has 0 aliphatic rings. The molecule has 3 aromatic heterocycles. The number of fused-ring (bicyclic) bond motifs is 1. The number of nitrogens with one attached hydrogen (secondary N) is 2. The molecule has 4 aromatic rings. The molecule has 0 aliphatic heterocycles. The van der Waals surface area contributed by atoms with Crippen LogP contribution in [0.15, 0.2) is 53.1 Å². The van der Waals surface area contributed by atoms with Gasteiger partial charge in [0.25, 0.3) is 0 Å². The van der Waals surface area contributed by atoms with Gasteiger partial charge in [-0.2, -0.15) is 13.2 Å². The minimum Gasteiger partial charge on any atom is -0.361 e. The van der Waals surface area contributed by atoms with E-state index in [2.05, 4.69) is 20.3 Å². The highest BCUT2D eigenvalue weighted by molar-refractivity contribution is 7.91. The summed E-state index contributed by atoms with van der Waals surface area (Å²) in [6.07, 6.45) is -2.89. The van der Waals surface area contributed by atoms with Crippen molar-refractivity contribution in [3.8, 4) is 10.6 Å². The molecule has 0 unspecified atom stereocenters. The molecule has 0 saturated heterocycles. The number of aromatic nitrogens is 3. The van der Waals surface area contributed by atoms with Crippen molar-refractivity contribution in [3.63, 3.8) is 0 Å². The fourth-order valence-corrected chi connectivity index (χ4v) is 5.30. The van der Waals surface area contributed by atoms with Gasteiger partial charge in [0, 0.05) is 30.1 Å². The third-order valence-corrected chi connectivity index (χ3v) is 7.66. The molecule has 12 heteroatoms. The van der Waals surface area contributed by atoms with E-state index in [1.54, 1.807) is 11.4 Å². The summed E-state index contributed by atoms with van der Waals surface area (Å²) in [5.74, 6) is -1.24. The third-order valence-electron chi connectivity index (χ3n) is 5.29. The molecule has 1 aromatic carbocycles. The first-order valence-electron chi connectivity index (χ1n) is 10.6. The fourth-order valence-electron chi connectivity index (χ4n) is 3.50. The first-order valence-corrected chi connectivity index (χ1v) is 13.1.